The predicted octanol–water partition coefficient (Wildman–Crippen LogP) is 2.92. The summed E-state index contributed by atoms with van der Waals surface area (Å²) in [7, 11) is 0. The fourth-order valence-electron chi connectivity index (χ4n) is 2.73. The van der Waals surface area contributed by atoms with Crippen molar-refractivity contribution in [2.45, 2.75) is 64.8 Å². The van der Waals surface area contributed by atoms with Crippen LogP contribution in [0, 0.1) is 0 Å². The highest BCUT2D eigenvalue weighted by Crippen LogP contribution is 2.36. The van der Waals surface area contributed by atoms with E-state index in [9.17, 15) is 9.59 Å². The second kappa shape index (κ2) is 6.93. The van der Waals surface area contributed by atoms with Crippen LogP contribution in [0.3, 0.4) is 0 Å². The lowest BCUT2D eigenvalue weighted by molar-refractivity contribution is -0.196. The highest BCUT2D eigenvalue weighted by Gasteiger charge is 2.60. The second-order valence-electron chi connectivity index (χ2n) is 7.47. The molecule has 132 valence electrons. The number of hydrogen-bond donors (Lipinski definition) is 0. The molecule has 0 radical (unpaired) electrons. The van der Waals surface area contributed by atoms with E-state index in [1.54, 1.807) is 34.6 Å². The maximum absolute atomic E-state index is 12.8. The average molecular weight is 333 g/mol. The fourth-order valence-corrected chi connectivity index (χ4v) is 2.73. The number of rotatable bonds is 5. The van der Waals surface area contributed by atoms with Crippen molar-refractivity contribution >= 4 is 11.9 Å². The van der Waals surface area contributed by atoms with Gasteiger partial charge in [0, 0.05) is 19.5 Å². The van der Waals surface area contributed by atoms with Crippen LogP contribution in [0.1, 0.15) is 46.6 Å². The molecule has 0 saturated carbocycles. The molecule has 1 fully saturated rings. The maximum atomic E-state index is 12.8. The fraction of sp³-hybridized carbons (Fsp3) is 0.579. The first-order valence-corrected chi connectivity index (χ1v) is 8.38. The number of carbonyl (C=O) groups is 2. The Kier molecular flexibility index (Phi) is 5.33. The minimum Gasteiger partial charge on any atom is -0.461 e. The van der Waals surface area contributed by atoms with Gasteiger partial charge in [0.15, 0.2) is 0 Å². The highest BCUT2D eigenvalue weighted by atomic mass is 16.6. The van der Waals surface area contributed by atoms with Crippen molar-refractivity contribution in [3.63, 3.8) is 0 Å². The minimum atomic E-state index is -1.34. The molecule has 1 atom stereocenters. The summed E-state index contributed by atoms with van der Waals surface area (Å²) in [5.41, 5.74) is -0.952. The largest absolute Gasteiger partial charge is 0.461 e. The molecule has 5 nitrogen and oxygen atoms in total. The molecule has 0 spiro atoms. The van der Waals surface area contributed by atoms with E-state index >= 15 is 0 Å². The number of esters is 2. The van der Waals surface area contributed by atoms with Crippen molar-refractivity contribution in [1.29, 1.82) is 0 Å². The van der Waals surface area contributed by atoms with Crippen LogP contribution in [0.25, 0.3) is 0 Å². The van der Waals surface area contributed by atoms with Crippen LogP contribution in [0.4, 0.5) is 0 Å². The van der Waals surface area contributed by atoms with Crippen LogP contribution >= 0.6 is 0 Å². The van der Waals surface area contributed by atoms with Gasteiger partial charge in [-0.15, -0.1) is 0 Å². The molecule has 1 aliphatic heterocycles. The molecule has 0 unspecified atom stereocenters. The van der Waals surface area contributed by atoms with Crippen molar-refractivity contribution in [2.75, 3.05) is 6.54 Å². The molecule has 1 heterocycles. The summed E-state index contributed by atoms with van der Waals surface area (Å²) in [6, 6.07) is 9.78. The minimum absolute atomic E-state index is 0.281. The molecule has 1 aliphatic rings. The van der Waals surface area contributed by atoms with Gasteiger partial charge in [0.1, 0.15) is 5.60 Å². The van der Waals surface area contributed by atoms with E-state index in [-0.39, 0.29) is 6.10 Å². The zero-order valence-corrected chi connectivity index (χ0v) is 15.2. The zero-order valence-electron chi connectivity index (χ0n) is 15.2. The van der Waals surface area contributed by atoms with Crippen molar-refractivity contribution in [1.82, 2.24) is 4.90 Å². The standard InChI is InChI=1S/C19H27NO4/c1-14(2)23-16(21)19(17(22)24-18(3,4)5)11-12-20(19)13-15-9-7-6-8-10-15/h6-10,14H,11-13H2,1-5H3/t19-/m1/s1. The summed E-state index contributed by atoms with van der Waals surface area (Å²) in [5, 5.41) is 0. The van der Waals surface area contributed by atoms with Gasteiger partial charge in [-0.3, -0.25) is 4.90 Å². The summed E-state index contributed by atoms with van der Waals surface area (Å²) < 4.78 is 10.9. The topological polar surface area (TPSA) is 55.8 Å². The predicted molar refractivity (Wildman–Crippen MR) is 91.3 cm³/mol. The highest BCUT2D eigenvalue weighted by molar-refractivity contribution is 6.06. The summed E-state index contributed by atoms with van der Waals surface area (Å²) >= 11 is 0. The second-order valence-corrected chi connectivity index (χ2v) is 7.47. The number of benzene rings is 1. The molecule has 24 heavy (non-hydrogen) atoms. The Balaban J connectivity index is 2.26. The van der Waals surface area contributed by atoms with Crippen molar-refractivity contribution in [2.24, 2.45) is 0 Å². The Morgan fingerprint density at radius 2 is 1.79 bits per heavy atom. The third-order valence-electron chi connectivity index (χ3n) is 3.92. The van der Waals surface area contributed by atoms with E-state index in [4.69, 9.17) is 9.47 Å². The molecule has 0 N–H and O–H groups in total. The van der Waals surface area contributed by atoms with Gasteiger partial charge < -0.3 is 9.47 Å². The molecule has 1 aromatic rings. The molecule has 0 bridgehead atoms. The van der Waals surface area contributed by atoms with Crippen LogP contribution in [0.5, 0.6) is 0 Å². The van der Waals surface area contributed by atoms with Crippen LogP contribution in [0.2, 0.25) is 0 Å². The first-order chi connectivity index (χ1) is 11.1. The number of ether oxygens (including phenoxy) is 2. The lowest BCUT2D eigenvalue weighted by atomic mass is 9.83. The van der Waals surface area contributed by atoms with Crippen LogP contribution in [0.15, 0.2) is 30.3 Å². The first-order valence-electron chi connectivity index (χ1n) is 8.38. The Morgan fingerprint density at radius 1 is 1.17 bits per heavy atom. The van der Waals surface area contributed by atoms with E-state index in [1.165, 1.54) is 0 Å². The van der Waals surface area contributed by atoms with E-state index in [0.717, 1.165) is 5.56 Å². The van der Waals surface area contributed by atoms with Crippen molar-refractivity contribution in [3.8, 4) is 0 Å². The molecule has 1 aromatic carbocycles. The Bertz CT molecular complexity index is 591. The van der Waals surface area contributed by atoms with Gasteiger partial charge in [-0.05, 0) is 40.2 Å². The summed E-state index contributed by atoms with van der Waals surface area (Å²) in [5.74, 6) is -1.04. The van der Waals surface area contributed by atoms with Gasteiger partial charge in [0.05, 0.1) is 6.10 Å². The lowest BCUT2D eigenvalue weighted by Gasteiger charge is -2.49. The van der Waals surface area contributed by atoms with E-state index in [0.29, 0.717) is 19.5 Å². The Morgan fingerprint density at radius 3 is 2.25 bits per heavy atom. The third kappa shape index (κ3) is 3.96. The van der Waals surface area contributed by atoms with Gasteiger partial charge in [0.25, 0.3) is 0 Å². The van der Waals surface area contributed by atoms with Gasteiger partial charge in [-0.25, -0.2) is 9.59 Å². The summed E-state index contributed by atoms with van der Waals surface area (Å²) in [4.78, 5) is 27.4. The smallest absolute Gasteiger partial charge is 0.338 e. The molecule has 0 aliphatic carbocycles. The van der Waals surface area contributed by atoms with Gasteiger partial charge in [0.2, 0.25) is 5.54 Å². The molecule has 5 heteroatoms. The van der Waals surface area contributed by atoms with E-state index in [1.807, 2.05) is 35.2 Å². The summed E-state index contributed by atoms with van der Waals surface area (Å²) in [6.45, 7) is 10.1. The number of hydrogen-bond acceptors (Lipinski definition) is 5. The number of nitrogens with zero attached hydrogens (tertiary/aromatic N) is 1. The van der Waals surface area contributed by atoms with Gasteiger partial charge in [-0.2, -0.15) is 0 Å². The number of carbonyl (C=O) groups excluding carboxylic acids is 2. The molecular formula is C19H27NO4. The first kappa shape index (κ1) is 18.5. The summed E-state index contributed by atoms with van der Waals surface area (Å²) in [6.07, 6.45) is 0.135. The monoisotopic (exact) mass is 333 g/mol. The molecule has 2 rings (SSSR count). The lowest BCUT2D eigenvalue weighted by Crippen LogP contribution is -2.70. The molecule has 1 saturated heterocycles. The van der Waals surface area contributed by atoms with Crippen molar-refractivity contribution in [3.05, 3.63) is 35.9 Å². The van der Waals surface area contributed by atoms with Crippen molar-refractivity contribution < 1.29 is 19.1 Å². The van der Waals surface area contributed by atoms with Crippen LogP contribution < -0.4 is 0 Å². The Hall–Kier alpha value is -1.88. The maximum Gasteiger partial charge on any atom is 0.338 e. The number of likely N-dealkylation sites (tertiary alicyclic amines) is 1. The quantitative estimate of drug-likeness (QED) is 0.612. The molecule has 0 amide bonds. The van der Waals surface area contributed by atoms with Crippen LogP contribution in [-0.4, -0.2) is 40.6 Å². The van der Waals surface area contributed by atoms with Crippen LogP contribution in [-0.2, 0) is 25.6 Å². The Labute approximate surface area is 143 Å². The van der Waals surface area contributed by atoms with Gasteiger partial charge in [-0.1, -0.05) is 30.3 Å². The average Bonchev–Trinajstić information content (AvgIpc) is 2.42. The SMILES string of the molecule is CC(C)OC(=O)[C@@]1(C(=O)OC(C)(C)C)CCN1Cc1ccccc1. The zero-order chi connectivity index (χ0) is 18.0. The van der Waals surface area contributed by atoms with Gasteiger partial charge >= 0.3 is 11.9 Å². The molecule has 0 aromatic heterocycles. The molecular weight excluding hydrogens is 306 g/mol. The van der Waals surface area contributed by atoms with E-state index in [2.05, 4.69) is 0 Å². The van der Waals surface area contributed by atoms with E-state index < -0.39 is 23.1 Å². The third-order valence-corrected chi connectivity index (χ3v) is 3.92. The normalized spacial score (nSPS) is 21.2.